The van der Waals surface area contributed by atoms with Crippen molar-refractivity contribution in [2.45, 2.75) is 25.2 Å². The summed E-state index contributed by atoms with van der Waals surface area (Å²) in [5, 5.41) is 5.13. The van der Waals surface area contributed by atoms with E-state index in [9.17, 15) is 4.79 Å². The van der Waals surface area contributed by atoms with E-state index in [1.54, 1.807) is 0 Å². The first kappa shape index (κ1) is 18.2. The van der Waals surface area contributed by atoms with Gasteiger partial charge in [-0.05, 0) is 65.5 Å². The van der Waals surface area contributed by atoms with Gasteiger partial charge in [-0.2, -0.15) is 0 Å². The van der Waals surface area contributed by atoms with Crippen molar-refractivity contribution >= 4 is 40.7 Å². The van der Waals surface area contributed by atoms with Crippen LogP contribution in [0.15, 0.2) is 42.5 Å². The second kappa shape index (κ2) is 7.07. The summed E-state index contributed by atoms with van der Waals surface area (Å²) in [6.07, 6.45) is 0.879. The van der Waals surface area contributed by atoms with Crippen LogP contribution in [0, 0.1) is 17.8 Å². The average molecular weight is 409 g/mol. The highest BCUT2D eigenvalue weighted by molar-refractivity contribution is 6.35. The fraction of sp³-hybridized carbons (Fsp3) is 0.381. The Bertz CT molecular complexity index is 836. The van der Waals surface area contributed by atoms with Gasteiger partial charge in [-0.1, -0.05) is 59.9 Å². The van der Waals surface area contributed by atoms with Crippen LogP contribution in [0.25, 0.3) is 0 Å². The number of fused-ring (bicyclic) bond motifs is 1. The molecule has 136 valence electrons. The molecule has 2 nitrogen and oxygen atoms in total. The summed E-state index contributed by atoms with van der Waals surface area (Å²) in [6.45, 7) is 2.94. The average Bonchev–Trinajstić information content (AvgIpc) is 2.96. The molecule has 0 radical (unpaired) electrons. The van der Waals surface area contributed by atoms with Crippen LogP contribution in [-0.2, 0) is 4.79 Å². The van der Waals surface area contributed by atoms with Crippen LogP contribution in [0.4, 0.5) is 0 Å². The fourth-order valence-corrected chi connectivity index (χ4v) is 5.58. The normalized spacial score (nSPS) is 30.8. The number of rotatable bonds is 2. The molecule has 1 N–H and O–H groups in total. The predicted molar refractivity (Wildman–Crippen MR) is 107 cm³/mol. The largest absolute Gasteiger partial charge is 0.356 e. The molecule has 0 aromatic heterocycles. The summed E-state index contributed by atoms with van der Waals surface area (Å²) in [7, 11) is 0. The molecule has 1 amide bonds. The topological polar surface area (TPSA) is 29.1 Å². The van der Waals surface area contributed by atoms with Crippen molar-refractivity contribution < 1.29 is 4.79 Å². The quantitative estimate of drug-likeness (QED) is 0.657. The highest BCUT2D eigenvalue weighted by atomic mass is 35.5. The van der Waals surface area contributed by atoms with Gasteiger partial charge in [-0.25, -0.2) is 0 Å². The summed E-state index contributed by atoms with van der Waals surface area (Å²) < 4.78 is 0. The van der Waals surface area contributed by atoms with Gasteiger partial charge < -0.3 is 5.32 Å². The Morgan fingerprint density at radius 1 is 0.962 bits per heavy atom. The molecule has 26 heavy (non-hydrogen) atoms. The zero-order valence-electron chi connectivity index (χ0n) is 14.4. The highest BCUT2D eigenvalue weighted by Crippen LogP contribution is 2.55. The van der Waals surface area contributed by atoms with Crippen molar-refractivity contribution in [1.29, 1.82) is 0 Å². The molecule has 2 aliphatic rings. The van der Waals surface area contributed by atoms with Crippen LogP contribution in [-0.4, -0.2) is 12.5 Å². The standard InChI is InChI=1S/C21H20Cl3NO/c1-11-8-16-17(10-25-21(16)26)20(12-2-4-13(22)5-3-12)19(11)15-7-6-14(23)9-18(15)24/h2-7,9,11,16-17,19-20H,8,10H2,1H3,(H,25,26)/t11-,16+,17+,19-,20+/m0/s1. The molecule has 1 heterocycles. The van der Waals surface area contributed by atoms with Crippen molar-refractivity contribution in [1.82, 2.24) is 5.32 Å². The second-order valence-corrected chi connectivity index (χ2v) is 8.78. The summed E-state index contributed by atoms with van der Waals surface area (Å²) in [5.74, 6) is 1.28. The molecule has 1 saturated carbocycles. The lowest BCUT2D eigenvalue weighted by molar-refractivity contribution is -0.124. The maximum Gasteiger partial charge on any atom is 0.223 e. The molecule has 1 saturated heterocycles. The Morgan fingerprint density at radius 3 is 2.35 bits per heavy atom. The number of halogens is 3. The lowest BCUT2D eigenvalue weighted by Gasteiger charge is -2.43. The van der Waals surface area contributed by atoms with E-state index in [4.69, 9.17) is 34.8 Å². The van der Waals surface area contributed by atoms with E-state index in [2.05, 4.69) is 24.4 Å². The number of hydrogen-bond acceptors (Lipinski definition) is 1. The molecule has 5 atom stereocenters. The van der Waals surface area contributed by atoms with E-state index in [-0.39, 0.29) is 29.6 Å². The molecular weight excluding hydrogens is 389 g/mol. The van der Waals surface area contributed by atoms with Gasteiger partial charge >= 0.3 is 0 Å². The van der Waals surface area contributed by atoms with Crippen molar-refractivity contribution in [2.75, 3.05) is 6.54 Å². The predicted octanol–water partition coefficient (Wildman–Crippen LogP) is 5.92. The number of amides is 1. The molecule has 1 aliphatic heterocycles. The Kier molecular flexibility index (Phi) is 4.94. The summed E-state index contributed by atoms with van der Waals surface area (Å²) in [6, 6.07) is 13.8. The monoisotopic (exact) mass is 407 g/mol. The molecule has 0 unspecified atom stereocenters. The van der Waals surface area contributed by atoms with E-state index in [0.29, 0.717) is 22.5 Å². The van der Waals surface area contributed by atoms with Crippen molar-refractivity contribution in [3.05, 3.63) is 68.7 Å². The number of hydrogen-bond donors (Lipinski definition) is 1. The third-order valence-corrected chi connectivity index (χ3v) is 6.84. The molecule has 2 aromatic rings. The molecule has 0 spiro atoms. The highest BCUT2D eigenvalue weighted by Gasteiger charge is 2.50. The zero-order chi connectivity index (χ0) is 18.4. The van der Waals surface area contributed by atoms with Crippen molar-refractivity contribution in [3.8, 4) is 0 Å². The first-order valence-corrected chi connectivity index (χ1v) is 10.1. The molecular formula is C21H20Cl3NO. The number of carbonyl (C=O) groups is 1. The molecule has 5 heteroatoms. The maximum atomic E-state index is 12.4. The minimum Gasteiger partial charge on any atom is -0.356 e. The van der Waals surface area contributed by atoms with Gasteiger partial charge in [-0.3, -0.25) is 4.79 Å². The van der Waals surface area contributed by atoms with E-state index in [1.165, 1.54) is 5.56 Å². The lowest BCUT2D eigenvalue weighted by atomic mass is 9.59. The van der Waals surface area contributed by atoms with Gasteiger partial charge in [0.15, 0.2) is 0 Å². The lowest BCUT2D eigenvalue weighted by Crippen LogP contribution is -2.37. The van der Waals surface area contributed by atoms with Crippen molar-refractivity contribution in [3.63, 3.8) is 0 Å². The Hall–Kier alpha value is -1.22. The van der Waals surface area contributed by atoms with Crippen LogP contribution in [0.2, 0.25) is 15.1 Å². The third-order valence-electron chi connectivity index (χ3n) is 6.03. The van der Waals surface area contributed by atoms with Gasteiger partial charge in [0.25, 0.3) is 0 Å². The minimum atomic E-state index is 0.0630. The van der Waals surface area contributed by atoms with E-state index in [0.717, 1.165) is 17.0 Å². The van der Waals surface area contributed by atoms with Crippen LogP contribution in [0.3, 0.4) is 0 Å². The molecule has 4 rings (SSSR count). The second-order valence-electron chi connectivity index (χ2n) is 7.50. The zero-order valence-corrected chi connectivity index (χ0v) is 16.7. The van der Waals surface area contributed by atoms with Gasteiger partial charge in [0, 0.05) is 27.5 Å². The van der Waals surface area contributed by atoms with Crippen LogP contribution >= 0.6 is 34.8 Å². The van der Waals surface area contributed by atoms with Crippen LogP contribution < -0.4 is 5.32 Å². The fourth-order valence-electron chi connectivity index (χ4n) is 4.92. The summed E-state index contributed by atoms with van der Waals surface area (Å²) in [4.78, 5) is 12.4. The first-order chi connectivity index (χ1) is 12.5. The first-order valence-electron chi connectivity index (χ1n) is 8.94. The van der Waals surface area contributed by atoms with E-state index < -0.39 is 0 Å². The Balaban J connectivity index is 1.83. The van der Waals surface area contributed by atoms with E-state index in [1.807, 2.05) is 30.3 Å². The number of nitrogens with one attached hydrogen (secondary N) is 1. The van der Waals surface area contributed by atoms with Gasteiger partial charge in [-0.15, -0.1) is 0 Å². The SMILES string of the molecule is C[C@H]1C[C@H]2C(=O)NC[C@H]2[C@@H](c2ccc(Cl)cc2)[C@@H]1c1ccc(Cl)cc1Cl. The molecule has 2 fully saturated rings. The summed E-state index contributed by atoms with van der Waals surface area (Å²) in [5.41, 5.74) is 2.32. The third kappa shape index (κ3) is 3.13. The van der Waals surface area contributed by atoms with Gasteiger partial charge in [0.1, 0.15) is 0 Å². The minimum absolute atomic E-state index is 0.0630. The van der Waals surface area contributed by atoms with Crippen molar-refractivity contribution in [2.24, 2.45) is 17.8 Å². The van der Waals surface area contributed by atoms with E-state index >= 15 is 0 Å². The Morgan fingerprint density at radius 2 is 1.65 bits per heavy atom. The Labute approximate surface area is 168 Å². The van der Waals surface area contributed by atoms with Crippen LogP contribution in [0.5, 0.6) is 0 Å². The number of benzene rings is 2. The maximum absolute atomic E-state index is 12.4. The molecule has 1 aliphatic carbocycles. The van der Waals surface area contributed by atoms with Gasteiger partial charge in [0.05, 0.1) is 0 Å². The smallest absolute Gasteiger partial charge is 0.223 e. The molecule has 2 aromatic carbocycles. The molecule has 0 bridgehead atoms. The summed E-state index contributed by atoms with van der Waals surface area (Å²) >= 11 is 18.8. The number of carbonyl (C=O) groups excluding carboxylic acids is 1. The van der Waals surface area contributed by atoms with Gasteiger partial charge in [0.2, 0.25) is 5.91 Å². The van der Waals surface area contributed by atoms with Crippen LogP contribution in [0.1, 0.15) is 36.3 Å².